The molecule has 0 saturated heterocycles. The number of furan rings is 1. The van der Waals surface area contributed by atoms with Crippen LogP contribution in [0.25, 0.3) is 11.0 Å². The zero-order chi connectivity index (χ0) is 25.7. The molecule has 0 bridgehead atoms. The van der Waals surface area contributed by atoms with Crippen molar-refractivity contribution in [3.05, 3.63) is 98.4 Å². The molecule has 4 aromatic rings. The van der Waals surface area contributed by atoms with Crippen molar-refractivity contribution in [2.45, 2.75) is 6.04 Å². The van der Waals surface area contributed by atoms with Crippen LogP contribution in [0.2, 0.25) is 15.1 Å². The highest BCUT2D eigenvalue weighted by molar-refractivity contribution is 6.42. The fourth-order valence-corrected chi connectivity index (χ4v) is 4.74. The third-order valence-corrected chi connectivity index (χ3v) is 6.77. The van der Waals surface area contributed by atoms with E-state index in [1.54, 1.807) is 24.3 Å². The molecule has 5 rings (SSSR count). The number of fused-ring (bicyclic) bond motifs is 1. The lowest BCUT2D eigenvalue weighted by atomic mass is 9.94. The minimum atomic E-state index is -1.10. The molecule has 0 fully saturated rings. The number of aliphatic hydroxyl groups excluding tert-OH is 1. The van der Waals surface area contributed by atoms with Gasteiger partial charge in [-0.05, 0) is 48.0 Å². The van der Waals surface area contributed by atoms with Crippen molar-refractivity contribution in [2.75, 3.05) is 12.0 Å². The zero-order valence-electron chi connectivity index (χ0n) is 18.5. The summed E-state index contributed by atoms with van der Waals surface area (Å²) in [6.07, 6.45) is 0. The number of halogens is 3. The van der Waals surface area contributed by atoms with E-state index in [0.717, 1.165) is 0 Å². The van der Waals surface area contributed by atoms with Crippen LogP contribution in [0.15, 0.2) is 76.4 Å². The number of ether oxygens (including phenoxy) is 1. The Labute approximate surface area is 219 Å². The van der Waals surface area contributed by atoms with Crippen LogP contribution in [0.5, 0.6) is 11.5 Å². The number of methoxy groups -OCH3 is 1. The molecule has 10 heteroatoms. The van der Waals surface area contributed by atoms with Crippen LogP contribution >= 0.6 is 34.8 Å². The standard InChI is InChI=1S/C26H16Cl3NO6/c1-35-20-10-14(27)7-13-9-19(36-25(13)20)23(32)21-22(12-3-2-4-16(31)8-12)30(26(34)24(21)33)15-5-6-17(28)18(29)11-15/h2-11,22,31,33H,1H3. The molecule has 0 spiro atoms. The Morgan fingerprint density at radius 3 is 2.47 bits per heavy atom. The molecule has 1 aliphatic rings. The molecule has 2 N–H and O–H groups in total. The highest BCUT2D eigenvalue weighted by Crippen LogP contribution is 2.44. The van der Waals surface area contributed by atoms with Gasteiger partial charge in [-0.25, -0.2) is 0 Å². The van der Waals surface area contributed by atoms with Crippen LogP contribution in [-0.2, 0) is 4.79 Å². The molecule has 1 unspecified atom stereocenters. The average molecular weight is 545 g/mol. The van der Waals surface area contributed by atoms with Crippen molar-refractivity contribution >= 4 is 63.1 Å². The number of hydrogen-bond acceptors (Lipinski definition) is 6. The van der Waals surface area contributed by atoms with Gasteiger partial charge in [0, 0.05) is 22.2 Å². The van der Waals surface area contributed by atoms with Crippen LogP contribution in [0.3, 0.4) is 0 Å². The Morgan fingerprint density at radius 2 is 1.78 bits per heavy atom. The van der Waals surface area contributed by atoms with Gasteiger partial charge in [0.25, 0.3) is 5.91 Å². The van der Waals surface area contributed by atoms with Gasteiger partial charge in [0.05, 0.1) is 28.8 Å². The van der Waals surface area contributed by atoms with Crippen LogP contribution in [0.1, 0.15) is 22.2 Å². The fourth-order valence-electron chi connectivity index (χ4n) is 4.23. The first-order valence-electron chi connectivity index (χ1n) is 10.5. The molecule has 36 heavy (non-hydrogen) atoms. The second-order valence-electron chi connectivity index (χ2n) is 8.00. The van der Waals surface area contributed by atoms with Crippen LogP contribution in [0, 0.1) is 0 Å². The van der Waals surface area contributed by atoms with Gasteiger partial charge in [-0.3, -0.25) is 14.5 Å². The maximum atomic E-state index is 13.7. The monoisotopic (exact) mass is 543 g/mol. The molecule has 7 nitrogen and oxygen atoms in total. The number of benzene rings is 3. The Balaban J connectivity index is 1.68. The maximum absolute atomic E-state index is 13.7. The molecule has 182 valence electrons. The summed E-state index contributed by atoms with van der Waals surface area (Å²) >= 11 is 18.4. The normalized spacial score (nSPS) is 15.7. The van der Waals surface area contributed by atoms with Gasteiger partial charge in [0.15, 0.2) is 22.9 Å². The number of hydrogen-bond donors (Lipinski definition) is 2. The molecular formula is C26H16Cl3NO6. The van der Waals surface area contributed by atoms with Crippen molar-refractivity contribution in [3.63, 3.8) is 0 Å². The molecule has 0 saturated carbocycles. The smallest absolute Gasteiger partial charge is 0.294 e. The van der Waals surface area contributed by atoms with Gasteiger partial charge in [-0.15, -0.1) is 0 Å². The van der Waals surface area contributed by atoms with Crippen molar-refractivity contribution in [3.8, 4) is 11.5 Å². The Hall–Kier alpha value is -3.65. The number of phenols is 1. The number of rotatable bonds is 5. The van der Waals surface area contributed by atoms with Gasteiger partial charge < -0.3 is 19.4 Å². The largest absolute Gasteiger partial charge is 0.508 e. The van der Waals surface area contributed by atoms with E-state index in [1.165, 1.54) is 48.4 Å². The summed E-state index contributed by atoms with van der Waals surface area (Å²) in [4.78, 5) is 28.3. The topological polar surface area (TPSA) is 100 Å². The Bertz CT molecular complexity index is 1590. The zero-order valence-corrected chi connectivity index (χ0v) is 20.7. The molecule has 0 aliphatic carbocycles. The average Bonchev–Trinajstić information content (AvgIpc) is 3.39. The summed E-state index contributed by atoms with van der Waals surface area (Å²) in [6, 6.07) is 14.0. The Morgan fingerprint density at radius 1 is 1.00 bits per heavy atom. The molecule has 1 atom stereocenters. The summed E-state index contributed by atoms with van der Waals surface area (Å²) in [7, 11) is 1.44. The number of aliphatic hydroxyl groups is 1. The highest BCUT2D eigenvalue weighted by atomic mass is 35.5. The van der Waals surface area contributed by atoms with Gasteiger partial charge in [-0.2, -0.15) is 0 Å². The predicted octanol–water partition coefficient (Wildman–Crippen LogP) is 6.89. The van der Waals surface area contributed by atoms with Gasteiger partial charge >= 0.3 is 0 Å². The van der Waals surface area contributed by atoms with Crippen molar-refractivity contribution in [2.24, 2.45) is 0 Å². The predicted molar refractivity (Wildman–Crippen MR) is 137 cm³/mol. The molecule has 1 amide bonds. The van der Waals surface area contributed by atoms with Crippen LogP contribution in [0.4, 0.5) is 5.69 Å². The molecule has 1 aliphatic heterocycles. The van der Waals surface area contributed by atoms with Crippen molar-refractivity contribution in [1.82, 2.24) is 0 Å². The molecule has 3 aromatic carbocycles. The number of phenolic OH excluding ortho intramolecular Hbond substituents is 1. The van der Waals surface area contributed by atoms with Crippen molar-refractivity contribution in [1.29, 1.82) is 0 Å². The third kappa shape index (κ3) is 3.95. The molecule has 0 radical (unpaired) electrons. The molecule has 2 heterocycles. The highest BCUT2D eigenvalue weighted by Gasteiger charge is 2.45. The lowest BCUT2D eigenvalue weighted by molar-refractivity contribution is -0.117. The number of carbonyl (C=O) groups is 2. The summed E-state index contributed by atoms with van der Waals surface area (Å²) in [5.74, 6) is -2.23. The van der Waals surface area contributed by atoms with E-state index in [4.69, 9.17) is 44.0 Å². The lowest BCUT2D eigenvalue weighted by Crippen LogP contribution is -2.31. The minimum Gasteiger partial charge on any atom is -0.508 e. The van der Waals surface area contributed by atoms with E-state index in [-0.39, 0.29) is 38.4 Å². The van der Waals surface area contributed by atoms with E-state index in [1.807, 2.05) is 0 Å². The summed E-state index contributed by atoms with van der Waals surface area (Å²) in [6.45, 7) is 0. The lowest BCUT2D eigenvalue weighted by Gasteiger charge is -2.27. The third-order valence-electron chi connectivity index (χ3n) is 5.81. The van der Waals surface area contributed by atoms with E-state index < -0.39 is 23.5 Å². The maximum Gasteiger partial charge on any atom is 0.294 e. The molecular weight excluding hydrogens is 529 g/mol. The number of carbonyl (C=O) groups excluding carboxylic acids is 2. The minimum absolute atomic E-state index is 0.0876. The van der Waals surface area contributed by atoms with Crippen LogP contribution < -0.4 is 9.64 Å². The number of nitrogens with zero attached hydrogens (tertiary/aromatic N) is 1. The van der Waals surface area contributed by atoms with Gasteiger partial charge in [0.2, 0.25) is 5.78 Å². The number of aromatic hydroxyl groups is 1. The number of Topliss-reactive ketones (excluding diaryl/α,β-unsaturated/α-hetero) is 1. The first-order chi connectivity index (χ1) is 17.2. The van der Waals surface area contributed by atoms with E-state index in [9.17, 15) is 19.8 Å². The Kier molecular flexibility index (Phi) is 6.08. The molecule has 1 aromatic heterocycles. The first-order valence-corrected chi connectivity index (χ1v) is 11.7. The SMILES string of the molecule is COc1cc(Cl)cc2cc(C(=O)C3=C(O)C(=O)N(c4ccc(Cl)c(Cl)c4)C3c3cccc(O)c3)oc12. The number of ketones is 1. The van der Waals surface area contributed by atoms with Crippen molar-refractivity contribution < 1.29 is 29.0 Å². The van der Waals surface area contributed by atoms with Gasteiger partial charge in [0.1, 0.15) is 5.75 Å². The quantitative estimate of drug-likeness (QED) is 0.265. The first kappa shape index (κ1) is 24.1. The second-order valence-corrected chi connectivity index (χ2v) is 9.25. The van der Waals surface area contributed by atoms with Crippen LogP contribution in [-0.4, -0.2) is 29.0 Å². The second kappa shape index (κ2) is 9.09. The summed E-state index contributed by atoms with van der Waals surface area (Å²) in [5.41, 5.74) is 0.708. The number of anilines is 1. The number of amides is 1. The summed E-state index contributed by atoms with van der Waals surface area (Å²) < 4.78 is 11.1. The summed E-state index contributed by atoms with van der Waals surface area (Å²) in [5, 5.41) is 22.4. The van der Waals surface area contributed by atoms with E-state index in [2.05, 4.69) is 0 Å². The van der Waals surface area contributed by atoms with E-state index >= 15 is 0 Å². The van der Waals surface area contributed by atoms with E-state index in [0.29, 0.717) is 21.7 Å². The fraction of sp³-hybridized carbons (Fsp3) is 0.0769. The van der Waals surface area contributed by atoms with Gasteiger partial charge in [-0.1, -0.05) is 46.9 Å².